The van der Waals surface area contributed by atoms with Crippen LogP contribution in [0.25, 0.3) is 0 Å². The van der Waals surface area contributed by atoms with Crippen LogP contribution in [0.2, 0.25) is 0 Å². The second kappa shape index (κ2) is 15.3. The highest BCUT2D eigenvalue weighted by Crippen LogP contribution is 2.53. The van der Waals surface area contributed by atoms with Gasteiger partial charge in [-0.25, -0.2) is 9.36 Å². The summed E-state index contributed by atoms with van der Waals surface area (Å²) in [5, 5.41) is 2.41. The summed E-state index contributed by atoms with van der Waals surface area (Å²) in [7, 11) is -2.67. The molecule has 0 saturated carbocycles. The molecule has 0 fully saturated rings. The number of alkyl carbamates (subject to hydrolysis) is 1. The molecule has 0 aliphatic rings. The van der Waals surface area contributed by atoms with Crippen LogP contribution >= 0.6 is 7.82 Å². The normalized spacial score (nSPS) is 13.9. The zero-order valence-electron chi connectivity index (χ0n) is 25.6. The Bertz CT molecular complexity index is 1270. The predicted octanol–water partition coefficient (Wildman–Crippen LogP) is 6.17. The van der Waals surface area contributed by atoms with Crippen molar-refractivity contribution in [2.24, 2.45) is 0 Å². The number of aryl methyl sites for hydroxylation is 1. The van der Waals surface area contributed by atoms with Crippen LogP contribution in [-0.2, 0) is 45.5 Å². The Kier molecular flexibility index (Phi) is 12.7. The lowest BCUT2D eigenvalue weighted by molar-refractivity contribution is -0.134. The molecule has 0 aromatic heterocycles. The van der Waals surface area contributed by atoms with Crippen molar-refractivity contribution in [3.05, 3.63) is 59.7 Å². The fourth-order valence-corrected chi connectivity index (χ4v) is 4.97. The molecule has 42 heavy (non-hydrogen) atoms. The molecule has 12 heteroatoms. The first-order chi connectivity index (χ1) is 19.5. The number of rotatable bonds is 14. The lowest BCUT2D eigenvalue weighted by Gasteiger charge is -2.28. The maximum absolute atomic E-state index is 13.6. The van der Waals surface area contributed by atoms with Gasteiger partial charge in [-0.15, -0.1) is 0 Å². The van der Waals surface area contributed by atoms with Crippen molar-refractivity contribution in [2.45, 2.75) is 85.2 Å². The fraction of sp³-hybridized carbons (Fsp3) is 0.500. The molecule has 0 saturated heterocycles. The van der Waals surface area contributed by atoms with Crippen LogP contribution < -0.4 is 14.8 Å². The van der Waals surface area contributed by atoms with Gasteiger partial charge in [0.25, 0.3) is 0 Å². The number of amides is 1. The summed E-state index contributed by atoms with van der Waals surface area (Å²) in [6.07, 6.45) is -0.244. The first kappa shape index (κ1) is 35.0. The smallest absolute Gasteiger partial charge is 0.475 e. The summed E-state index contributed by atoms with van der Waals surface area (Å²) in [4.78, 5) is 36.8. The van der Waals surface area contributed by atoms with E-state index in [1.54, 1.807) is 72.9 Å². The Balaban J connectivity index is 2.04. The van der Waals surface area contributed by atoms with Gasteiger partial charge in [0.15, 0.2) is 5.78 Å². The molecule has 0 heterocycles. The van der Waals surface area contributed by atoms with Crippen LogP contribution in [0.5, 0.6) is 11.5 Å². The zero-order chi connectivity index (χ0) is 31.6. The highest BCUT2D eigenvalue weighted by atomic mass is 31.2. The molecule has 1 unspecified atom stereocenters. The highest BCUT2D eigenvalue weighted by Gasteiger charge is 2.35. The van der Waals surface area contributed by atoms with E-state index in [1.165, 1.54) is 6.92 Å². The van der Waals surface area contributed by atoms with E-state index in [2.05, 4.69) is 5.32 Å². The van der Waals surface area contributed by atoms with E-state index >= 15 is 0 Å². The number of Topliss-reactive ketones (excluding diaryl/α,β-unsaturated/α-hetero) is 1. The largest absolute Gasteiger partial charge is 0.496 e. The maximum Gasteiger partial charge on any atom is 0.475 e. The van der Waals surface area contributed by atoms with E-state index in [1.807, 2.05) is 24.3 Å². The molecular formula is C30H42NO10P. The molecule has 0 bridgehead atoms. The van der Waals surface area contributed by atoms with Crippen molar-refractivity contribution < 1.29 is 46.7 Å². The highest BCUT2D eigenvalue weighted by molar-refractivity contribution is 7.48. The van der Waals surface area contributed by atoms with E-state index in [4.69, 9.17) is 27.8 Å². The van der Waals surface area contributed by atoms with E-state index in [-0.39, 0.29) is 18.8 Å². The minimum atomic E-state index is -4.24. The van der Waals surface area contributed by atoms with E-state index in [0.717, 1.165) is 5.56 Å². The first-order valence-corrected chi connectivity index (χ1v) is 15.0. The molecule has 2 atom stereocenters. The maximum atomic E-state index is 13.6. The molecule has 0 aliphatic carbocycles. The Labute approximate surface area is 247 Å². The van der Waals surface area contributed by atoms with E-state index in [0.29, 0.717) is 17.7 Å². The minimum Gasteiger partial charge on any atom is -0.496 e. The van der Waals surface area contributed by atoms with E-state index in [9.17, 15) is 18.9 Å². The van der Waals surface area contributed by atoms with Crippen molar-refractivity contribution in [1.82, 2.24) is 5.32 Å². The fourth-order valence-electron chi connectivity index (χ4n) is 3.48. The zero-order valence-corrected chi connectivity index (χ0v) is 26.4. The van der Waals surface area contributed by atoms with Gasteiger partial charge < -0.3 is 19.5 Å². The molecule has 0 spiro atoms. The lowest BCUT2D eigenvalue weighted by atomic mass is 10.1. The number of ether oxygens (including phenoxy) is 3. The number of nitrogens with one attached hydrogen (secondary N) is 1. The number of phosphoric ester groups is 1. The molecule has 232 valence electrons. The number of esters is 1. The standard InChI is InChI=1S/C30H42NO10P/c1-21(32)25(31-28(34)40-29(2,3)4)20-38-42(35,41-30(5,6)7)37-19-22-12-11-14-24(18-22)39-27(33)17-16-23-13-9-10-15-26(23)36-8/h9-15,18,25H,16-17,19-20H2,1-8H3,(H,31,34)/t25-,42?/m0/s1. The summed E-state index contributed by atoms with van der Waals surface area (Å²) in [6.45, 7) is 10.6. The number of benzene rings is 2. The van der Waals surface area contributed by atoms with Crippen molar-refractivity contribution in [3.8, 4) is 11.5 Å². The average molecular weight is 608 g/mol. The number of hydrogen-bond donors (Lipinski definition) is 1. The molecule has 1 amide bonds. The van der Waals surface area contributed by atoms with Gasteiger partial charge in [-0.2, -0.15) is 0 Å². The minimum absolute atomic E-state index is 0.137. The predicted molar refractivity (Wildman–Crippen MR) is 156 cm³/mol. The molecule has 0 radical (unpaired) electrons. The number of para-hydroxylation sites is 1. The third kappa shape index (κ3) is 13.2. The van der Waals surface area contributed by atoms with Crippen LogP contribution in [0.4, 0.5) is 4.79 Å². The SMILES string of the molecule is COc1ccccc1CCC(=O)Oc1cccc(COP(=O)(OC[C@H](NC(=O)OC(C)(C)C)C(C)=O)OC(C)(C)C)c1. The van der Waals surface area contributed by atoms with Crippen molar-refractivity contribution >= 4 is 25.7 Å². The Morgan fingerprint density at radius 3 is 2.24 bits per heavy atom. The summed E-state index contributed by atoms with van der Waals surface area (Å²) in [5.74, 6) is 0.107. The van der Waals surface area contributed by atoms with Crippen molar-refractivity contribution in [2.75, 3.05) is 13.7 Å². The van der Waals surface area contributed by atoms with Gasteiger partial charge in [0.2, 0.25) is 0 Å². The first-order valence-electron chi connectivity index (χ1n) is 13.5. The van der Waals surface area contributed by atoms with Gasteiger partial charge in [-0.1, -0.05) is 30.3 Å². The summed E-state index contributed by atoms with van der Waals surface area (Å²) < 4.78 is 46.3. The summed E-state index contributed by atoms with van der Waals surface area (Å²) in [5.41, 5.74) is -0.292. The van der Waals surface area contributed by atoms with Gasteiger partial charge in [0, 0.05) is 0 Å². The molecular weight excluding hydrogens is 565 g/mol. The van der Waals surface area contributed by atoms with Crippen LogP contribution in [0.15, 0.2) is 48.5 Å². The molecule has 2 aromatic rings. The third-order valence-corrected chi connectivity index (χ3v) is 6.96. The summed E-state index contributed by atoms with van der Waals surface area (Å²) >= 11 is 0. The number of ketones is 1. The quantitative estimate of drug-likeness (QED) is 0.151. The molecule has 11 nitrogen and oxygen atoms in total. The van der Waals surface area contributed by atoms with Gasteiger partial charge in [-0.05, 0) is 84.2 Å². The van der Waals surface area contributed by atoms with Gasteiger partial charge in [0.1, 0.15) is 23.1 Å². The average Bonchev–Trinajstić information content (AvgIpc) is 2.87. The van der Waals surface area contributed by atoms with Gasteiger partial charge in [0.05, 0.1) is 32.3 Å². The Hall–Kier alpha value is -3.24. The summed E-state index contributed by atoms with van der Waals surface area (Å²) in [6, 6.07) is 12.8. The number of hydrogen-bond acceptors (Lipinski definition) is 10. The second-order valence-electron chi connectivity index (χ2n) is 11.5. The van der Waals surface area contributed by atoms with Crippen LogP contribution in [0, 0.1) is 0 Å². The van der Waals surface area contributed by atoms with Gasteiger partial charge >= 0.3 is 19.9 Å². The second-order valence-corrected chi connectivity index (χ2v) is 13.1. The molecule has 0 aliphatic heterocycles. The lowest BCUT2D eigenvalue weighted by Crippen LogP contribution is -2.45. The third-order valence-electron chi connectivity index (χ3n) is 5.28. The van der Waals surface area contributed by atoms with Crippen LogP contribution in [0.3, 0.4) is 0 Å². The number of phosphoric acid groups is 1. The van der Waals surface area contributed by atoms with Crippen LogP contribution in [-0.4, -0.2) is 48.8 Å². The molecule has 1 N–H and O–H groups in total. The molecule has 2 aromatic carbocycles. The monoisotopic (exact) mass is 607 g/mol. The number of methoxy groups -OCH3 is 1. The van der Waals surface area contributed by atoms with Crippen molar-refractivity contribution in [3.63, 3.8) is 0 Å². The topological polar surface area (TPSA) is 136 Å². The van der Waals surface area contributed by atoms with Gasteiger partial charge in [-0.3, -0.25) is 23.2 Å². The van der Waals surface area contributed by atoms with Crippen LogP contribution in [0.1, 0.15) is 66.0 Å². The Morgan fingerprint density at radius 1 is 0.929 bits per heavy atom. The van der Waals surface area contributed by atoms with E-state index < -0.39 is 49.5 Å². The number of carbonyl (C=O) groups is 3. The van der Waals surface area contributed by atoms with Crippen molar-refractivity contribution in [1.29, 1.82) is 0 Å². The molecule has 2 rings (SSSR count). The Morgan fingerprint density at radius 2 is 1.62 bits per heavy atom. The number of carbonyl (C=O) groups excluding carboxylic acids is 3.